The minimum atomic E-state index is -0.272. The number of hydrogen-bond donors (Lipinski definition) is 2. The van der Waals surface area contributed by atoms with Crippen molar-refractivity contribution >= 4 is 10.9 Å². The van der Waals surface area contributed by atoms with Gasteiger partial charge in [-0.2, -0.15) is 10.2 Å². The highest BCUT2D eigenvalue weighted by molar-refractivity contribution is 5.94. The molecule has 7 heteroatoms. The number of aromatic amines is 1. The molecule has 2 N–H and O–H groups in total. The minimum absolute atomic E-state index is 0.272. The van der Waals surface area contributed by atoms with Crippen LogP contribution in [0.1, 0.15) is 18.1 Å². The fourth-order valence-electron chi connectivity index (χ4n) is 3.30. The molecule has 4 aromatic rings. The summed E-state index contributed by atoms with van der Waals surface area (Å²) in [5.74, 6) is -0.272. The van der Waals surface area contributed by atoms with E-state index in [1.165, 1.54) is 6.07 Å². The van der Waals surface area contributed by atoms with E-state index >= 15 is 0 Å². The van der Waals surface area contributed by atoms with E-state index in [9.17, 15) is 4.39 Å². The Morgan fingerprint density at radius 2 is 2.11 bits per heavy atom. The van der Waals surface area contributed by atoms with Gasteiger partial charge in [-0.3, -0.25) is 14.8 Å². The molecule has 0 aliphatic carbocycles. The third-order valence-electron chi connectivity index (χ3n) is 4.77. The smallest absolute Gasteiger partial charge is 0.132 e. The molecule has 0 fully saturated rings. The van der Waals surface area contributed by atoms with E-state index in [1.807, 2.05) is 39.2 Å². The largest absolute Gasteiger partial charge is 0.313 e. The maximum absolute atomic E-state index is 14.7. The number of benzene rings is 1. The number of fused-ring (bicyclic) bond motifs is 1. The molecule has 27 heavy (non-hydrogen) atoms. The predicted octanol–water partition coefficient (Wildman–Crippen LogP) is 3.58. The fourth-order valence-corrected chi connectivity index (χ4v) is 3.30. The van der Waals surface area contributed by atoms with E-state index in [4.69, 9.17) is 0 Å². The molecule has 0 aliphatic rings. The Morgan fingerprint density at radius 1 is 1.26 bits per heavy atom. The standard InChI is InChI=1S/C20H21FN6/c1-4-22-8-13-5-6-16(21)19(12(13)2)17-7-15-18(10-23-17)25-26-20(15)14-9-24-27(3)11-14/h5-7,9-11,22H,4,8H2,1-3H3,(H,25,26). The zero-order chi connectivity index (χ0) is 19.0. The molecule has 3 aromatic heterocycles. The summed E-state index contributed by atoms with van der Waals surface area (Å²) in [4.78, 5) is 4.48. The van der Waals surface area contributed by atoms with E-state index in [1.54, 1.807) is 17.1 Å². The summed E-state index contributed by atoms with van der Waals surface area (Å²) in [6.45, 7) is 5.55. The first-order valence-corrected chi connectivity index (χ1v) is 8.90. The summed E-state index contributed by atoms with van der Waals surface area (Å²) >= 11 is 0. The van der Waals surface area contributed by atoms with Gasteiger partial charge in [-0.05, 0) is 36.7 Å². The van der Waals surface area contributed by atoms with E-state index in [0.717, 1.165) is 39.8 Å². The monoisotopic (exact) mass is 364 g/mol. The van der Waals surface area contributed by atoms with Gasteiger partial charge in [-0.1, -0.05) is 13.0 Å². The van der Waals surface area contributed by atoms with Crippen LogP contribution in [0.25, 0.3) is 33.4 Å². The Morgan fingerprint density at radius 3 is 2.85 bits per heavy atom. The summed E-state index contributed by atoms with van der Waals surface area (Å²) in [5.41, 5.74) is 5.58. The molecule has 138 valence electrons. The van der Waals surface area contributed by atoms with Gasteiger partial charge in [-0.25, -0.2) is 4.39 Å². The van der Waals surface area contributed by atoms with Crippen LogP contribution < -0.4 is 5.32 Å². The maximum Gasteiger partial charge on any atom is 0.132 e. The molecule has 0 unspecified atom stereocenters. The van der Waals surface area contributed by atoms with E-state index in [0.29, 0.717) is 17.8 Å². The van der Waals surface area contributed by atoms with Crippen LogP contribution in [0.2, 0.25) is 0 Å². The number of H-pyrrole nitrogens is 1. The molecular weight excluding hydrogens is 343 g/mol. The van der Waals surface area contributed by atoms with Gasteiger partial charge in [0, 0.05) is 36.3 Å². The second-order valence-corrected chi connectivity index (χ2v) is 6.58. The topological polar surface area (TPSA) is 71.4 Å². The molecule has 4 rings (SSSR count). The lowest BCUT2D eigenvalue weighted by atomic mass is 9.98. The Balaban J connectivity index is 1.85. The molecule has 0 aliphatic heterocycles. The van der Waals surface area contributed by atoms with Crippen molar-refractivity contribution in [3.8, 4) is 22.5 Å². The number of nitrogens with one attached hydrogen (secondary N) is 2. The highest BCUT2D eigenvalue weighted by Gasteiger charge is 2.16. The number of nitrogens with zero attached hydrogens (tertiary/aromatic N) is 4. The molecule has 0 bridgehead atoms. The summed E-state index contributed by atoms with van der Waals surface area (Å²) in [6.07, 6.45) is 5.37. The average molecular weight is 364 g/mol. The van der Waals surface area contributed by atoms with Gasteiger partial charge in [0.1, 0.15) is 11.5 Å². The summed E-state index contributed by atoms with van der Waals surface area (Å²) in [5, 5.41) is 15.8. The second kappa shape index (κ2) is 6.92. The van der Waals surface area contributed by atoms with Crippen molar-refractivity contribution in [2.24, 2.45) is 7.05 Å². The quantitative estimate of drug-likeness (QED) is 0.568. The number of hydrogen-bond acceptors (Lipinski definition) is 4. The van der Waals surface area contributed by atoms with Crippen molar-refractivity contribution in [1.82, 2.24) is 30.3 Å². The lowest BCUT2D eigenvalue weighted by Crippen LogP contribution is -2.13. The number of aromatic nitrogens is 5. The number of pyridine rings is 1. The van der Waals surface area contributed by atoms with Crippen molar-refractivity contribution in [2.75, 3.05) is 6.54 Å². The van der Waals surface area contributed by atoms with Gasteiger partial charge in [0.25, 0.3) is 0 Å². The molecule has 0 radical (unpaired) electrons. The lowest BCUT2D eigenvalue weighted by Gasteiger charge is -2.13. The minimum Gasteiger partial charge on any atom is -0.313 e. The van der Waals surface area contributed by atoms with Crippen LogP contribution >= 0.6 is 0 Å². The van der Waals surface area contributed by atoms with Crippen LogP contribution in [0.3, 0.4) is 0 Å². The van der Waals surface area contributed by atoms with Crippen molar-refractivity contribution in [3.05, 3.63) is 53.7 Å². The molecule has 1 aromatic carbocycles. The van der Waals surface area contributed by atoms with Gasteiger partial charge in [-0.15, -0.1) is 0 Å². The molecule has 0 amide bonds. The van der Waals surface area contributed by atoms with E-state index < -0.39 is 0 Å². The first kappa shape index (κ1) is 17.4. The lowest BCUT2D eigenvalue weighted by molar-refractivity contribution is 0.627. The van der Waals surface area contributed by atoms with Gasteiger partial charge in [0.15, 0.2) is 0 Å². The van der Waals surface area contributed by atoms with Gasteiger partial charge in [0.05, 0.1) is 23.6 Å². The molecule has 0 spiro atoms. The Labute approximate surface area is 156 Å². The molecule has 0 atom stereocenters. The molecule has 0 saturated carbocycles. The first-order chi connectivity index (χ1) is 13.1. The van der Waals surface area contributed by atoms with Gasteiger partial charge in [0.2, 0.25) is 0 Å². The SMILES string of the molecule is CCNCc1ccc(F)c(-c2cc3c(-c4cnn(C)c4)n[nH]c3cn2)c1C. The van der Waals surface area contributed by atoms with Gasteiger partial charge < -0.3 is 5.32 Å². The fraction of sp³-hybridized carbons (Fsp3) is 0.250. The Bertz CT molecular complexity index is 1110. The molecule has 6 nitrogen and oxygen atoms in total. The van der Waals surface area contributed by atoms with Crippen LogP contribution in [0.15, 0.2) is 36.8 Å². The van der Waals surface area contributed by atoms with Crippen LogP contribution in [0.5, 0.6) is 0 Å². The van der Waals surface area contributed by atoms with Crippen molar-refractivity contribution < 1.29 is 4.39 Å². The predicted molar refractivity (Wildman–Crippen MR) is 104 cm³/mol. The first-order valence-electron chi connectivity index (χ1n) is 8.90. The average Bonchev–Trinajstić information content (AvgIpc) is 3.27. The number of rotatable bonds is 5. The zero-order valence-corrected chi connectivity index (χ0v) is 15.5. The second-order valence-electron chi connectivity index (χ2n) is 6.58. The number of aryl methyl sites for hydroxylation is 1. The third-order valence-corrected chi connectivity index (χ3v) is 4.77. The molecule has 3 heterocycles. The Kier molecular flexibility index (Phi) is 4.45. The molecular formula is C20H21FN6. The van der Waals surface area contributed by atoms with Crippen molar-refractivity contribution in [3.63, 3.8) is 0 Å². The van der Waals surface area contributed by atoms with Crippen LogP contribution in [0, 0.1) is 12.7 Å². The number of halogens is 1. The van der Waals surface area contributed by atoms with Crippen LogP contribution in [-0.2, 0) is 13.6 Å². The van der Waals surface area contributed by atoms with E-state index in [2.05, 4.69) is 25.6 Å². The highest BCUT2D eigenvalue weighted by atomic mass is 19.1. The third kappa shape index (κ3) is 3.10. The van der Waals surface area contributed by atoms with Crippen LogP contribution in [0.4, 0.5) is 4.39 Å². The normalized spacial score (nSPS) is 11.4. The summed E-state index contributed by atoms with van der Waals surface area (Å²) in [7, 11) is 1.86. The zero-order valence-electron chi connectivity index (χ0n) is 15.5. The highest BCUT2D eigenvalue weighted by Crippen LogP contribution is 2.32. The van der Waals surface area contributed by atoms with Crippen LogP contribution in [-0.4, -0.2) is 31.5 Å². The summed E-state index contributed by atoms with van der Waals surface area (Å²) in [6, 6.07) is 5.23. The summed E-state index contributed by atoms with van der Waals surface area (Å²) < 4.78 is 16.4. The maximum atomic E-state index is 14.7. The molecule has 0 saturated heterocycles. The van der Waals surface area contributed by atoms with Gasteiger partial charge >= 0.3 is 0 Å². The van der Waals surface area contributed by atoms with Crippen molar-refractivity contribution in [2.45, 2.75) is 20.4 Å². The van der Waals surface area contributed by atoms with E-state index in [-0.39, 0.29) is 5.82 Å². The Hall–Kier alpha value is -3.06. The van der Waals surface area contributed by atoms with Crippen molar-refractivity contribution in [1.29, 1.82) is 0 Å².